The van der Waals surface area contributed by atoms with E-state index in [0.29, 0.717) is 37.7 Å². The molecule has 26 heavy (non-hydrogen) atoms. The van der Waals surface area contributed by atoms with Gasteiger partial charge in [-0.05, 0) is 50.3 Å². The fourth-order valence-electron chi connectivity index (χ4n) is 2.75. The average molecular weight is 354 g/mol. The van der Waals surface area contributed by atoms with Crippen molar-refractivity contribution in [2.75, 3.05) is 26.2 Å². The first kappa shape index (κ1) is 17.8. The van der Waals surface area contributed by atoms with Crippen molar-refractivity contribution in [3.05, 3.63) is 59.5 Å². The second-order valence-corrected chi connectivity index (χ2v) is 6.21. The molecule has 2 amide bonds. The van der Waals surface area contributed by atoms with Crippen LogP contribution < -0.4 is 0 Å². The summed E-state index contributed by atoms with van der Waals surface area (Å²) in [6.45, 7) is 5.77. The van der Waals surface area contributed by atoms with Crippen molar-refractivity contribution in [3.8, 4) is 0 Å². The molecule has 1 aliphatic heterocycles. The van der Waals surface area contributed by atoms with E-state index in [2.05, 4.69) is 0 Å². The number of hydrogen-bond donors (Lipinski definition) is 0. The fourth-order valence-corrected chi connectivity index (χ4v) is 2.75. The number of amides is 2. The second kappa shape index (κ2) is 7.91. The minimum atomic E-state index is -0.0762. The topological polar surface area (TPSA) is 66.9 Å². The summed E-state index contributed by atoms with van der Waals surface area (Å²) in [5.74, 6) is 2.77. The van der Waals surface area contributed by atoms with E-state index in [1.165, 1.54) is 12.2 Å². The maximum Gasteiger partial charge on any atom is 0.246 e. The lowest BCUT2D eigenvalue weighted by atomic mass is 10.2. The first-order valence-corrected chi connectivity index (χ1v) is 8.58. The molecule has 0 unspecified atom stereocenters. The molecule has 1 aliphatic rings. The summed E-state index contributed by atoms with van der Waals surface area (Å²) in [6, 6.07) is 7.35. The molecule has 0 radical (unpaired) electrons. The number of piperazine rings is 1. The lowest BCUT2D eigenvalue weighted by Gasteiger charge is -2.33. The van der Waals surface area contributed by atoms with Crippen LogP contribution in [0.5, 0.6) is 0 Å². The summed E-state index contributed by atoms with van der Waals surface area (Å²) < 4.78 is 10.8. The summed E-state index contributed by atoms with van der Waals surface area (Å²) in [5, 5.41) is 0. The third-order valence-corrected chi connectivity index (χ3v) is 4.21. The Bertz CT molecular complexity index is 765. The van der Waals surface area contributed by atoms with Crippen molar-refractivity contribution in [1.82, 2.24) is 9.80 Å². The molecule has 3 heterocycles. The maximum atomic E-state index is 12.2. The molecular weight excluding hydrogens is 332 g/mol. The number of furan rings is 2. The van der Waals surface area contributed by atoms with Crippen molar-refractivity contribution in [1.29, 1.82) is 0 Å². The van der Waals surface area contributed by atoms with E-state index in [9.17, 15) is 9.59 Å². The van der Waals surface area contributed by atoms with Gasteiger partial charge in [-0.2, -0.15) is 0 Å². The zero-order chi connectivity index (χ0) is 18.5. The number of rotatable bonds is 4. The van der Waals surface area contributed by atoms with Crippen LogP contribution in [0.2, 0.25) is 0 Å². The van der Waals surface area contributed by atoms with Crippen molar-refractivity contribution >= 4 is 24.0 Å². The highest BCUT2D eigenvalue weighted by molar-refractivity contribution is 5.93. The molecule has 0 spiro atoms. The highest BCUT2D eigenvalue weighted by Crippen LogP contribution is 2.11. The van der Waals surface area contributed by atoms with Crippen molar-refractivity contribution in [2.45, 2.75) is 13.8 Å². The van der Waals surface area contributed by atoms with Crippen molar-refractivity contribution in [2.24, 2.45) is 0 Å². The molecule has 3 rings (SSSR count). The van der Waals surface area contributed by atoms with Crippen molar-refractivity contribution in [3.63, 3.8) is 0 Å². The first-order valence-electron chi connectivity index (χ1n) is 8.58. The molecule has 0 atom stereocenters. The minimum Gasteiger partial charge on any atom is -0.462 e. The van der Waals surface area contributed by atoms with Crippen LogP contribution in [0.1, 0.15) is 23.0 Å². The summed E-state index contributed by atoms with van der Waals surface area (Å²) in [5.41, 5.74) is 0. The van der Waals surface area contributed by atoms with Gasteiger partial charge in [0.2, 0.25) is 11.8 Å². The molecule has 0 N–H and O–H groups in total. The van der Waals surface area contributed by atoms with Crippen LogP contribution in [-0.2, 0) is 9.59 Å². The van der Waals surface area contributed by atoms with E-state index in [4.69, 9.17) is 8.83 Å². The van der Waals surface area contributed by atoms with E-state index in [1.54, 1.807) is 22.0 Å². The van der Waals surface area contributed by atoms with Gasteiger partial charge in [-0.15, -0.1) is 0 Å². The number of carbonyl (C=O) groups excluding carboxylic acids is 2. The van der Waals surface area contributed by atoms with Gasteiger partial charge in [0.15, 0.2) is 0 Å². The molecule has 136 valence electrons. The Kier molecular flexibility index (Phi) is 5.41. The van der Waals surface area contributed by atoms with Gasteiger partial charge < -0.3 is 18.6 Å². The molecule has 1 saturated heterocycles. The van der Waals surface area contributed by atoms with Gasteiger partial charge in [0, 0.05) is 38.3 Å². The summed E-state index contributed by atoms with van der Waals surface area (Å²) in [4.78, 5) is 27.9. The van der Waals surface area contributed by atoms with E-state index in [1.807, 2.05) is 38.1 Å². The maximum absolute atomic E-state index is 12.2. The van der Waals surface area contributed by atoms with E-state index < -0.39 is 0 Å². The summed E-state index contributed by atoms with van der Waals surface area (Å²) in [6.07, 6.45) is 6.35. The number of aryl methyl sites for hydroxylation is 2. The molecule has 0 aromatic carbocycles. The molecule has 2 aromatic rings. The Morgan fingerprint density at radius 2 is 1.15 bits per heavy atom. The molecular formula is C20H22N2O4. The number of nitrogens with zero attached hydrogens (tertiary/aromatic N) is 2. The lowest BCUT2D eigenvalue weighted by Crippen LogP contribution is -2.49. The second-order valence-electron chi connectivity index (χ2n) is 6.21. The monoisotopic (exact) mass is 354 g/mol. The molecule has 0 bridgehead atoms. The lowest BCUT2D eigenvalue weighted by molar-refractivity contribution is -0.133. The molecule has 6 nitrogen and oxygen atoms in total. The van der Waals surface area contributed by atoms with Gasteiger partial charge >= 0.3 is 0 Å². The SMILES string of the molecule is Cc1ccc(/C=C/C(=O)N2CCN(C(=O)/C=C/c3ccc(C)o3)CC2)o1. The smallest absolute Gasteiger partial charge is 0.246 e. The van der Waals surface area contributed by atoms with Gasteiger partial charge in [0.05, 0.1) is 0 Å². The van der Waals surface area contributed by atoms with Gasteiger partial charge in [0.25, 0.3) is 0 Å². The van der Waals surface area contributed by atoms with Crippen LogP contribution in [0, 0.1) is 13.8 Å². The Hall–Kier alpha value is -3.02. The average Bonchev–Trinajstić information content (AvgIpc) is 3.25. The molecule has 0 saturated carbocycles. The summed E-state index contributed by atoms with van der Waals surface area (Å²) in [7, 11) is 0. The minimum absolute atomic E-state index is 0.0762. The van der Waals surface area contributed by atoms with Gasteiger partial charge in [-0.1, -0.05) is 0 Å². The molecule has 0 aliphatic carbocycles. The van der Waals surface area contributed by atoms with Crippen LogP contribution in [0.4, 0.5) is 0 Å². The van der Waals surface area contributed by atoms with E-state index >= 15 is 0 Å². The molecule has 2 aromatic heterocycles. The third-order valence-electron chi connectivity index (χ3n) is 4.21. The zero-order valence-corrected chi connectivity index (χ0v) is 15.0. The van der Waals surface area contributed by atoms with Gasteiger partial charge in [-0.25, -0.2) is 0 Å². The predicted octanol–water partition coefficient (Wildman–Crippen LogP) is 2.89. The number of carbonyl (C=O) groups is 2. The van der Waals surface area contributed by atoms with E-state index in [0.717, 1.165) is 11.5 Å². The fraction of sp³-hybridized carbons (Fsp3) is 0.300. The van der Waals surface area contributed by atoms with Crippen LogP contribution in [-0.4, -0.2) is 47.8 Å². The van der Waals surface area contributed by atoms with E-state index in [-0.39, 0.29) is 11.8 Å². The third kappa shape index (κ3) is 4.53. The quantitative estimate of drug-likeness (QED) is 0.792. The molecule has 6 heteroatoms. The predicted molar refractivity (Wildman–Crippen MR) is 98.1 cm³/mol. The Morgan fingerprint density at radius 1 is 0.769 bits per heavy atom. The Labute approximate surface area is 152 Å². The standard InChI is InChI=1S/C20H22N2O4/c1-15-3-5-17(25-15)7-9-19(23)21-11-13-22(14-12-21)20(24)10-8-18-6-4-16(2)26-18/h3-10H,11-14H2,1-2H3/b9-7+,10-8+. The largest absolute Gasteiger partial charge is 0.462 e. The highest BCUT2D eigenvalue weighted by atomic mass is 16.3. The van der Waals surface area contributed by atoms with Gasteiger partial charge in [-0.3, -0.25) is 9.59 Å². The molecule has 1 fully saturated rings. The van der Waals surface area contributed by atoms with Crippen LogP contribution in [0.15, 0.2) is 45.3 Å². The van der Waals surface area contributed by atoms with Crippen LogP contribution >= 0.6 is 0 Å². The number of hydrogen-bond acceptors (Lipinski definition) is 4. The Morgan fingerprint density at radius 3 is 1.46 bits per heavy atom. The van der Waals surface area contributed by atoms with Crippen LogP contribution in [0.25, 0.3) is 12.2 Å². The Balaban J connectivity index is 1.48. The van der Waals surface area contributed by atoms with Crippen molar-refractivity contribution < 1.29 is 18.4 Å². The summed E-state index contributed by atoms with van der Waals surface area (Å²) >= 11 is 0. The normalized spacial score (nSPS) is 15.3. The highest BCUT2D eigenvalue weighted by Gasteiger charge is 2.21. The zero-order valence-electron chi connectivity index (χ0n) is 15.0. The van der Waals surface area contributed by atoms with Gasteiger partial charge in [0.1, 0.15) is 23.0 Å². The first-order chi connectivity index (χ1) is 12.5. The van der Waals surface area contributed by atoms with Crippen LogP contribution in [0.3, 0.4) is 0 Å².